The number of rotatable bonds is 5. The number of H-pyrrole nitrogens is 1. The van der Waals surface area contributed by atoms with Crippen LogP contribution in [0.5, 0.6) is 0 Å². The lowest BCUT2D eigenvalue weighted by atomic mass is 10.1. The number of nitrogens with zero attached hydrogens (tertiary/aromatic N) is 6. The molecule has 4 rings (SSSR count). The van der Waals surface area contributed by atoms with Crippen LogP contribution in [-0.2, 0) is 25.4 Å². The number of hydrogen-bond donors (Lipinski definition) is 2. The van der Waals surface area contributed by atoms with E-state index >= 15 is 0 Å². The second-order valence-electron chi connectivity index (χ2n) is 6.75. The van der Waals surface area contributed by atoms with E-state index in [0.717, 1.165) is 4.57 Å². The van der Waals surface area contributed by atoms with E-state index in [1.54, 1.807) is 12.1 Å². The molecule has 12 heteroatoms. The molecule has 158 valence electrons. The third-order valence-electron chi connectivity index (χ3n) is 4.73. The molecule has 3 heterocycles. The highest BCUT2D eigenvalue weighted by atomic mass is 19.1. The Hall–Kier alpha value is -4.35. The average Bonchev–Trinajstić information content (AvgIpc) is 3.39. The summed E-state index contributed by atoms with van der Waals surface area (Å²) in [5, 5.41) is 10.7. The molecule has 31 heavy (non-hydrogen) atoms. The second kappa shape index (κ2) is 7.82. The molecule has 0 atom stereocenters. The van der Waals surface area contributed by atoms with Gasteiger partial charge in [0.25, 0.3) is 11.5 Å². The van der Waals surface area contributed by atoms with Gasteiger partial charge in [0.05, 0.1) is 24.4 Å². The zero-order chi connectivity index (χ0) is 22.1. The first-order chi connectivity index (χ1) is 14.9. The molecule has 4 aromatic rings. The topological polar surface area (TPSA) is 132 Å². The Bertz CT molecular complexity index is 1430. The number of fused-ring (bicyclic) bond motifs is 1. The standard InChI is InChI=1S/C19H17FN8O3/c1-26-17-16(18(30)27(2)19(26)31)28(10-21-17)9-14(29)24-22-7-12-8-23-25-15(12)11-3-5-13(20)6-4-11/h3-8,10H,9H2,1-2H3,(H,23,25)(H,24,29)/b22-7-. The van der Waals surface area contributed by atoms with E-state index in [4.69, 9.17) is 0 Å². The smallest absolute Gasteiger partial charge is 0.315 e. The predicted octanol–water partition coefficient (Wildman–Crippen LogP) is 0.113. The molecule has 0 radical (unpaired) electrons. The summed E-state index contributed by atoms with van der Waals surface area (Å²) in [7, 11) is 2.85. The van der Waals surface area contributed by atoms with Gasteiger partial charge < -0.3 is 4.57 Å². The average molecular weight is 424 g/mol. The largest absolute Gasteiger partial charge is 0.332 e. The van der Waals surface area contributed by atoms with E-state index in [1.807, 2.05) is 0 Å². The Morgan fingerprint density at radius 2 is 1.97 bits per heavy atom. The minimum Gasteiger partial charge on any atom is -0.315 e. The summed E-state index contributed by atoms with van der Waals surface area (Å²) in [4.78, 5) is 40.8. The molecule has 0 aliphatic carbocycles. The van der Waals surface area contributed by atoms with Crippen LogP contribution in [-0.4, -0.2) is 41.0 Å². The highest BCUT2D eigenvalue weighted by Crippen LogP contribution is 2.19. The third-order valence-corrected chi connectivity index (χ3v) is 4.73. The van der Waals surface area contributed by atoms with Crippen molar-refractivity contribution >= 4 is 23.3 Å². The van der Waals surface area contributed by atoms with Gasteiger partial charge >= 0.3 is 5.69 Å². The third kappa shape index (κ3) is 3.66. The number of hydrogen-bond acceptors (Lipinski definition) is 6. The van der Waals surface area contributed by atoms with Crippen LogP contribution >= 0.6 is 0 Å². The van der Waals surface area contributed by atoms with Crippen LogP contribution in [0.25, 0.3) is 22.4 Å². The van der Waals surface area contributed by atoms with Gasteiger partial charge in [-0.3, -0.25) is 23.8 Å². The normalized spacial score (nSPS) is 11.5. The zero-order valence-corrected chi connectivity index (χ0v) is 16.5. The molecule has 0 bridgehead atoms. The van der Waals surface area contributed by atoms with Gasteiger partial charge in [0.2, 0.25) is 0 Å². The van der Waals surface area contributed by atoms with E-state index in [1.165, 1.54) is 54.1 Å². The van der Waals surface area contributed by atoms with Crippen molar-refractivity contribution in [3.8, 4) is 11.3 Å². The fourth-order valence-electron chi connectivity index (χ4n) is 3.12. The first-order valence-electron chi connectivity index (χ1n) is 9.09. The van der Waals surface area contributed by atoms with Crippen molar-refractivity contribution in [2.24, 2.45) is 19.2 Å². The molecule has 11 nitrogen and oxygen atoms in total. The highest BCUT2D eigenvalue weighted by Gasteiger charge is 2.15. The molecule has 2 N–H and O–H groups in total. The van der Waals surface area contributed by atoms with E-state index < -0.39 is 17.2 Å². The summed E-state index contributed by atoms with van der Waals surface area (Å²) in [5.74, 6) is -0.856. The van der Waals surface area contributed by atoms with Gasteiger partial charge in [0.15, 0.2) is 11.2 Å². The molecule has 0 aliphatic rings. The maximum Gasteiger partial charge on any atom is 0.332 e. The van der Waals surface area contributed by atoms with Crippen molar-refractivity contribution in [1.82, 2.24) is 34.3 Å². The molecule has 0 saturated carbocycles. The van der Waals surface area contributed by atoms with Gasteiger partial charge in [-0.15, -0.1) is 0 Å². The zero-order valence-electron chi connectivity index (χ0n) is 16.5. The number of nitrogens with one attached hydrogen (secondary N) is 2. The van der Waals surface area contributed by atoms with Crippen LogP contribution in [0, 0.1) is 5.82 Å². The Labute approximate surface area is 173 Å². The molecular weight excluding hydrogens is 407 g/mol. The number of carbonyl (C=O) groups is 1. The van der Waals surface area contributed by atoms with Crippen LogP contribution in [0.3, 0.4) is 0 Å². The van der Waals surface area contributed by atoms with Crippen molar-refractivity contribution < 1.29 is 9.18 Å². The van der Waals surface area contributed by atoms with E-state index in [-0.39, 0.29) is 23.5 Å². The van der Waals surface area contributed by atoms with E-state index in [0.29, 0.717) is 16.8 Å². The number of halogens is 1. The van der Waals surface area contributed by atoms with Crippen LogP contribution in [0.15, 0.2) is 51.5 Å². The van der Waals surface area contributed by atoms with Gasteiger partial charge in [-0.2, -0.15) is 10.2 Å². The van der Waals surface area contributed by atoms with Crippen LogP contribution in [0.4, 0.5) is 4.39 Å². The molecule has 0 unspecified atom stereocenters. The number of imidazole rings is 1. The fourth-order valence-corrected chi connectivity index (χ4v) is 3.12. The minimum absolute atomic E-state index is 0.136. The quantitative estimate of drug-likeness (QED) is 0.347. The summed E-state index contributed by atoms with van der Waals surface area (Å²) in [6.07, 6.45) is 4.23. The molecule has 0 fully saturated rings. The van der Waals surface area contributed by atoms with Crippen LogP contribution in [0.2, 0.25) is 0 Å². The monoisotopic (exact) mass is 424 g/mol. The van der Waals surface area contributed by atoms with Crippen molar-refractivity contribution in [2.45, 2.75) is 6.54 Å². The summed E-state index contributed by atoms with van der Waals surface area (Å²) in [6.45, 7) is -0.225. The summed E-state index contributed by atoms with van der Waals surface area (Å²) in [5.41, 5.74) is 3.55. The molecule has 0 saturated heterocycles. The van der Waals surface area contributed by atoms with E-state index in [2.05, 4.69) is 25.7 Å². The van der Waals surface area contributed by atoms with Crippen LogP contribution < -0.4 is 16.7 Å². The fraction of sp³-hybridized carbons (Fsp3) is 0.158. The van der Waals surface area contributed by atoms with Gasteiger partial charge in [-0.25, -0.2) is 19.6 Å². The minimum atomic E-state index is -0.547. The van der Waals surface area contributed by atoms with Crippen molar-refractivity contribution in [1.29, 1.82) is 0 Å². The highest BCUT2D eigenvalue weighted by molar-refractivity contribution is 5.89. The van der Waals surface area contributed by atoms with Gasteiger partial charge in [-0.1, -0.05) is 0 Å². The molecule has 1 aromatic carbocycles. The Morgan fingerprint density at radius 3 is 2.71 bits per heavy atom. The maximum absolute atomic E-state index is 13.1. The summed E-state index contributed by atoms with van der Waals surface area (Å²) in [6, 6.07) is 5.84. The molecule has 0 aliphatic heterocycles. The number of amides is 1. The Morgan fingerprint density at radius 1 is 1.23 bits per heavy atom. The first kappa shape index (κ1) is 19.9. The number of aryl methyl sites for hydroxylation is 1. The number of hydrazone groups is 1. The Balaban J connectivity index is 1.51. The van der Waals surface area contributed by atoms with Crippen molar-refractivity contribution in [3.05, 3.63) is 69.0 Å². The predicted molar refractivity (Wildman–Crippen MR) is 110 cm³/mol. The number of benzene rings is 1. The SMILES string of the molecule is Cn1c(=O)c2c(ncn2CC(=O)N/N=C\c2cn[nH]c2-c2ccc(F)cc2)n(C)c1=O. The van der Waals surface area contributed by atoms with Gasteiger partial charge in [0.1, 0.15) is 12.4 Å². The molecule has 1 amide bonds. The molecule has 0 spiro atoms. The summed E-state index contributed by atoms with van der Waals surface area (Å²) < 4.78 is 16.7. The number of aromatic nitrogens is 6. The van der Waals surface area contributed by atoms with Crippen LogP contribution in [0.1, 0.15) is 5.56 Å². The lowest BCUT2D eigenvalue weighted by Gasteiger charge is -2.06. The number of aromatic amines is 1. The lowest BCUT2D eigenvalue weighted by Crippen LogP contribution is -2.38. The van der Waals surface area contributed by atoms with Crippen molar-refractivity contribution in [2.75, 3.05) is 0 Å². The maximum atomic E-state index is 13.1. The van der Waals surface area contributed by atoms with Gasteiger partial charge in [-0.05, 0) is 24.3 Å². The van der Waals surface area contributed by atoms with Gasteiger partial charge in [0, 0.05) is 25.2 Å². The second-order valence-corrected chi connectivity index (χ2v) is 6.75. The lowest BCUT2D eigenvalue weighted by molar-refractivity contribution is -0.121. The Kier molecular flexibility index (Phi) is 5.03. The van der Waals surface area contributed by atoms with E-state index in [9.17, 15) is 18.8 Å². The number of carbonyl (C=O) groups excluding carboxylic acids is 1. The molecule has 3 aromatic heterocycles. The van der Waals surface area contributed by atoms with Crippen molar-refractivity contribution in [3.63, 3.8) is 0 Å². The molecular formula is C19H17FN8O3. The first-order valence-corrected chi connectivity index (χ1v) is 9.09. The summed E-state index contributed by atoms with van der Waals surface area (Å²) >= 11 is 0.